The summed E-state index contributed by atoms with van der Waals surface area (Å²) < 4.78 is 0. The van der Waals surface area contributed by atoms with Crippen LogP contribution in [0, 0.1) is 6.92 Å². The van der Waals surface area contributed by atoms with Gasteiger partial charge in [-0.2, -0.15) is 0 Å². The number of hydrogen-bond acceptors (Lipinski definition) is 2. The van der Waals surface area contributed by atoms with Crippen molar-refractivity contribution >= 4 is 35.0 Å². The zero-order chi connectivity index (χ0) is 11.7. The molecule has 0 radical (unpaired) electrons. The van der Waals surface area contributed by atoms with Crippen molar-refractivity contribution in [3.63, 3.8) is 0 Å². The lowest BCUT2D eigenvalue weighted by Crippen LogP contribution is -2.39. The number of carbonyl (C=O) groups is 1. The molecule has 0 aromatic heterocycles. The zero-order valence-corrected chi connectivity index (χ0v) is 10.9. The third-order valence-corrected chi connectivity index (χ3v) is 3.97. The summed E-state index contributed by atoms with van der Waals surface area (Å²) in [6, 6.07) is 6.21. The van der Waals surface area contributed by atoms with E-state index in [0.29, 0.717) is 5.25 Å². The Bertz CT molecular complexity index is 421. The summed E-state index contributed by atoms with van der Waals surface area (Å²) >= 11 is 7.46. The Morgan fingerprint density at radius 3 is 3.06 bits per heavy atom. The summed E-state index contributed by atoms with van der Waals surface area (Å²) in [7, 11) is 0. The molecule has 86 valence electrons. The minimum Gasteiger partial charge on any atom is -0.309 e. The maximum Gasteiger partial charge on any atom is 0.241 e. The van der Waals surface area contributed by atoms with Crippen LogP contribution in [0.15, 0.2) is 23.1 Å². The number of amides is 1. The lowest BCUT2D eigenvalue weighted by atomic mass is 10.2. The lowest BCUT2D eigenvalue weighted by Gasteiger charge is -2.32. The SMILES string of the molecule is Cc1ccc2c(c1)N(C(=O)CCl)CC(C)S2. The van der Waals surface area contributed by atoms with Gasteiger partial charge in [0, 0.05) is 16.7 Å². The van der Waals surface area contributed by atoms with Crippen LogP contribution in [0.4, 0.5) is 5.69 Å². The van der Waals surface area contributed by atoms with Gasteiger partial charge in [-0.15, -0.1) is 23.4 Å². The molecule has 4 heteroatoms. The molecule has 0 spiro atoms. The first-order chi connectivity index (χ1) is 7.61. The topological polar surface area (TPSA) is 20.3 Å². The van der Waals surface area contributed by atoms with E-state index in [1.54, 1.807) is 4.90 Å². The molecular formula is C12H14ClNOS. The number of anilines is 1. The molecule has 0 saturated heterocycles. The molecule has 1 atom stereocenters. The summed E-state index contributed by atoms with van der Waals surface area (Å²) in [5, 5.41) is 0.419. The third-order valence-electron chi connectivity index (χ3n) is 2.59. The van der Waals surface area contributed by atoms with Crippen LogP contribution in [0.5, 0.6) is 0 Å². The molecule has 0 fully saturated rings. The monoisotopic (exact) mass is 255 g/mol. The van der Waals surface area contributed by atoms with Gasteiger partial charge in [0.05, 0.1) is 5.69 Å². The van der Waals surface area contributed by atoms with E-state index in [0.717, 1.165) is 12.2 Å². The Kier molecular flexibility index (Phi) is 3.45. The van der Waals surface area contributed by atoms with E-state index in [9.17, 15) is 4.79 Å². The number of rotatable bonds is 1. The molecule has 1 aliphatic heterocycles. The molecule has 0 saturated carbocycles. The molecule has 1 aliphatic rings. The first-order valence-corrected chi connectivity index (χ1v) is 6.67. The molecule has 2 rings (SSSR count). The van der Waals surface area contributed by atoms with Crippen LogP contribution in [0.2, 0.25) is 0 Å². The third kappa shape index (κ3) is 2.20. The molecule has 1 aromatic rings. The van der Waals surface area contributed by atoms with Gasteiger partial charge in [-0.05, 0) is 24.6 Å². The number of alkyl halides is 1. The van der Waals surface area contributed by atoms with E-state index >= 15 is 0 Å². The second-order valence-corrected chi connectivity index (χ2v) is 5.79. The number of hydrogen-bond donors (Lipinski definition) is 0. The highest BCUT2D eigenvalue weighted by molar-refractivity contribution is 8.00. The maximum absolute atomic E-state index is 11.8. The van der Waals surface area contributed by atoms with Gasteiger partial charge in [-0.3, -0.25) is 4.79 Å². The number of thioether (sulfide) groups is 1. The molecule has 1 aromatic carbocycles. The molecule has 1 heterocycles. The molecule has 1 unspecified atom stereocenters. The van der Waals surface area contributed by atoms with Crippen LogP contribution >= 0.6 is 23.4 Å². The molecule has 1 amide bonds. The Morgan fingerprint density at radius 1 is 1.62 bits per heavy atom. The summed E-state index contributed by atoms with van der Waals surface area (Å²) in [5.74, 6) is 0.0331. The number of benzene rings is 1. The van der Waals surface area contributed by atoms with E-state index in [2.05, 4.69) is 25.1 Å². The van der Waals surface area contributed by atoms with Crippen molar-refractivity contribution in [2.24, 2.45) is 0 Å². The number of fused-ring (bicyclic) bond motifs is 1. The Morgan fingerprint density at radius 2 is 2.38 bits per heavy atom. The molecule has 0 aliphatic carbocycles. The van der Waals surface area contributed by atoms with Gasteiger partial charge in [0.2, 0.25) is 5.91 Å². The fraction of sp³-hybridized carbons (Fsp3) is 0.417. The van der Waals surface area contributed by atoms with E-state index in [4.69, 9.17) is 11.6 Å². The Hall–Kier alpha value is -0.670. The Labute approximate surface area is 105 Å². The number of carbonyl (C=O) groups excluding carboxylic acids is 1. The van der Waals surface area contributed by atoms with Crippen LogP contribution in [-0.4, -0.2) is 23.6 Å². The predicted molar refractivity (Wildman–Crippen MR) is 69.6 cm³/mol. The summed E-state index contributed by atoms with van der Waals surface area (Å²) in [4.78, 5) is 14.7. The van der Waals surface area contributed by atoms with E-state index in [1.165, 1.54) is 10.5 Å². The van der Waals surface area contributed by atoms with E-state index < -0.39 is 0 Å². The van der Waals surface area contributed by atoms with Crippen molar-refractivity contribution in [2.75, 3.05) is 17.3 Å². The standard InChI is InChI=1S/C12H14ClNOS/c1-8-3-4-11-10(5-8)14(12(15)6-13)7-9(2)16-11/h3-5,9H,6-7H2,1-2H3. The van der Waals surface area contributed by atoms with Crippen LogP contribution in [0.3, 0.4) is 0 Å². The van der Waals surface area contributed by atoms with Crippen LogP contribution in [-0.2, 0) is 4.79 Å². The fourth-order valence-electron chi connectivity index (χ4n) is 1.86. The average molecular weight is 256 g/mol. The predicted octanol–water partition coefficient (Wildman–Crippen LogP) is 3.06. The van der Waals surface area contributed by atoms with Gasteiger partial charge in [-0.1, -0.05) is 13.0 Å². The van der Waals surface area contributed by atoms with Gasteiger partial charge in [0.1, 0.15) is 5.88 Å². The van der Waals surface area contributed by atoms with Gasteiger partial charge < -0.3 is 4.90 Å². The first-order valence-electron chi connectivity index (χ1n) is 5.25. The quantitative estimate of drug-likeness (QED) is 0.719. The van der Waals surface area contributed by atoms with Crippen molar-refractivity contribution in [1.29, 1.82) is 0 Å². The minimum absolute atomic E-state index is 0.0133. The highest BCUT2D eigenvalue weighted by Crippen LogP contribution is 2.38. The average Bonchev–Trinajstić information content (AvgIpc) is 2.27. The van der Waals surface area contributed by atoms with Crippen LogP contribution in [0.25, 0.3) is 0 Å². The normalized spacial score (nSPS) is 19.4. The molecule has 2 nitrogen and oxygen atoms in total. The van der Waals surface area contributed by atoms with Gasteiger partial charge in [0.15, 0.2) is 0 Å². The van der Waals surface area contributed by atoms with Gasteiger partial charge in [0.25, 0.3) is 0 Å². The first kappa shape index (κ1) is 11.8. The lowest BCUT2D eigenvalue weighted by molar-refractivity contribution is -0.116. The summed E-state index contributed by atoms with van der Waals surface area (Å²) in [6.07, 6.45) is 0. The van der Waals surface area contributed by atoms with E-state index in [-0.39, 0.29) is 11.8 Å². The van der Waals surface area contributed by atoms with Crippen molar-refractivity contribution in [1.82, 2.24) is 0 Å². The maximum atomic E-state index is 11.8. The second-order valence-electron chi connectivity index (χ2n) is 4.04. The highest BCUT2D eigenvalue weighted by Gasteiger charge is 2.26. The molecule has 0 N–H and O–H groups in total. The number of aryl methyl sites for hydroxylation is 1. The zero-order valence-electron chi connectivity index (χ0n) is 9.37. The smallest absolute Gasteiger partial charge is 0.241 e. The number of nitrogens with zero attached hydrogens (tertiary/aromatic N) is 1. The van der Waals surface area contributed by atoms with Crippen molar-refractivity contribution in [2.45, 2.75) is 24.0 Å². The summed E-state index contributed by atoms with van der Waals surface area (Å²) in [5.41, 5.74) is 2.18. The number of halogens is 1. The Balaban J connectivity index is 2.43. The van der Waals surface area contributed by atoms with Crippen molar-refractivity contribution < 1.29 is 4.79 Å². The summed E-state index contributed by atoms with van der Waals surface area (Å²) in [6.45, 7) is 4.90. The molecule has 0 bridgehead atoms. The highest BCUT2D eigenvalue weighted by atomic mass is 35.5. The van der Waals surface area contributed by atoms with Crippen LogP contribution in [0.1, 0.15) is 12.5 Å². The van der Waals surface area contributed by atoms with Crippen molar-refractivity contribution in [3.05, 3.63) is 23.8 Å². The largest absolute Gasteiger partial charge is 0.309 e. The van der Waals surface area contributed by atoms with Crippen LogP contribution < -0.4 is 4.90 Å². The van der Waals surface area contributed by atoms with E-state index in [1.807, 2.05) is 18.7 Å². The van der Waals surface area contributed by atoms with Gasteiger partial charge in [-0.25, -0.2) is 0 Å². The second kappa shape index (κ2) is 4.68. The minimum atomic E-state index is -0.0133. The fourth-order valence-corrected chi connectivity index (χ4v) is 3.09. The molecule has 16 heavy (non-hydrogen) atoms. The molecular weight excluding hydrogens is 242 g/mol. The van der Waals surface area contributed by atoms with Crippen molar-refractivity contribution in [3.8, 4) is 0 Å². The van der Waals surface area contributed by atoms with Gasteiger partial charge >= 0.3 is 0 Å².